The van der Waals surface area contributed by atoms with Gasteiger partial charge in [-0.3, -0.25) is 9.78 Å². The molecule has 25 heavy (non-hydrogen) atoms. The molecule has 2 fully saturated rings. The van der Waals surface area contributed by atoms with Gasteiger partial charge in [-0.05, 0) is 55.0 Å². The zero-order chi connectivity index (χ0) is 15.8. The Morgan fingerprint density at radius 2 is 1.84 bits per heavy atom. The van der Waals surface area contributed by atoms with Gasteiger partial charge in [0.2, 0.25) is 0 Å². The van der Waals surface area contributed by atoms with E-state index in [-0.39, 0.29) is 36.8 Å². The van der Waals surface area contributed by atoms with E-state index < -0.39 is 0 Å². The molecule has 3 N–H and O–H groups in total. The van der Waals surface area contributed by atoms with Gasteiger partial charge in [-0.2, -0.15) is 0 Å². The smallest absolute Gasteiger partial charge is 0.252 e. The minimum absolute atomic E-state index is 0. The molecule has 0 saturated heterocycles. The predicted octanol–water partition coefficient (Wildman–Crippen LogP) is 3.71. The van der Waals surface area contributed by atoms with Gasteiger partial charge in [0.15, 0.2) is 0 Å². The number of nitrogens with two attached hydrogens (primary N) is 1. The topological polar surface area (TPSA) is 68.0 Å². The number of carbonyl (C=O) groups excluding carboxylic acids is 1. The van der Waals surface area contributed by atoms with Crippen LogP contribution >= 0.6 is 24.8 Å². The van der Waals surface area contributed by atoms with Crippen LogP contribution in [0.15, 0.2) is 36.7 Å². The van der Waals surface area contributed by atoms with E-state index in [1.54, 1.807) is 12.4 Å². The Balaban J connectivity index is 0.00000113. The maximum absolute atomic E-state index is 12.9. The number of nitrogens with zero attached hydrogens (tertiary/aromatic N) is 1. The molecule has 2 aliphatic carbocycles. The Morgan fingerprint density at radius 1 is 1.12 bits per heavy atom. The van der Waals surface area contributed by atoms with Crippen molar-refractivity contribution in [1.82, 2.24) is 10.3 Å². The summed E-state index contributed by atoms with van der Waals surface area (Å²) in [5.74, 6) is 1.12. The van der Waals surface area contributed by atoms with Crippen molar-refractivity contribution in [2.24, 2.45) is 17.6 Å². The highest BCUT2D eigenvalue weighted by atomic mass is 35.5. The average molecular weight is 382 g/mol. The molecule has 1 aromatic carbocycles. The lowest BCUT2D eigenvalue weighted by Gasteiger charge is -2.45. The van der Waals surface area contributed by atoms with Gasteiger partial charge in [0.05, 0.1) is 0 Å². The summed E-state index contributed by atoms with van der Waals surface area (Å²) in [5.41, 5.74) is 6.93. The van der Waals surface area contributed by atoms with Crippen molar-refractivity contribution in [3.63, 3.8) is 0 Å². The third-order valence-corrected chi connectivity index (χ3v) is 5.60. The Labute approximate surface area is 160 Å². The highest BCUT2D eigenvalue weighted by molar-refractivity contribution is 6.06. The molecule has 136 valence electrons. The number of hydrogen-bond donors (Lipinski definition) is 2. The molecule has 2 atom stereocenters. The molecule has 1 amide bonds. The molecule has 2 bridgehead atoms. The van der Waals surface area contributed by atoms with E-state index in [9.17, 15) is 4.79 Å². The number of benzene rings is 1. The van der Waals surface area contributed by atoms with Gasteiger partial charge >= 0.3 is 0 Å². The second kappa shape index (κ2) is 8.35. The molecule has 0 spiro atoms. The van der Waals surface area contributed by atoms with Crippen LogP contribution in [-0.4, -0.2) is 23.0 Å². The Bertz CT molecular complexity index is 720. The fourth-order valence-electron chi connectivity index (χ4n) is 4.57. The Kier molecular flexibility index (Phi) is 6.66. The van der Waals surface area contributed by atoms with Crippen LogP contribution in [-0.2, 0) is 0 Å². The van der Waals surface area contributed by atoms with E-state index in [2.05, 4.69) is 10.3 Å². The summed E-state index contributed by atoms with van der Waals surface area (Å²) in [6.45, 7) is 0. The molecule has 2 aliphatic rings. The number of fused-ring (bicyclic) bond motifs is 3. The van der Waals surface area contributed by atoms with Gasteiger partial charge in [-0.25, -0.2) is 0 Å². The second-order valence-electron chi connectivity index (χ2n) is 7.08. The van der Waals surface area contributed by atoms with E-state index in [1.807, 2.05) is 24.3 Å². The SMILES string of the molecule is Cl.Cl.NC1CC2CCCC(C1)C2NC(=O)c1cccc2cnccc12. The summed E-state index contributed by atoms with van der Waals surface area (Å²) in [6, 6.07) is 8.34. The number of aromatic nitrogens is 1. The van der Waals surface area contributed by atoms with Crippen molar-refractivity contribution in [1.29, 1.82) is 0 Å². The van der Waals surface area contributed by atoms with Crippen molar-refractivity contribution < 1.29 is 4.79 Å². The van der Waals surface area contributed by atoms with E-state index in [4.69, 9.17) is 5.73 Å². The third-order valence-electron chi connectivity index (χ3n) is 5.60. The van der Waals surface area contributed by atoms with E-state index in [1.165, 1.54) is 19.3 Å². The number of halogens is 2. The van der Waals surface area contributed by atoms with Crippen molar-refractivity contribution >= 4 is 41.5 Å². The maximum Gasteiger partial charge on any atom is 0.252 e. The summed E-state index contributed by atoms with van der Waals surface area (Å²) < 4.78 is 0. The summed E-state index contributed by atoms with van der Waals surface area (Å²) in [5, 5.41) is 5.31. The number of hydrogen-bond acceptors (Lipinski definition) is 3. The largest absolute Gasteiger partial charge is 0.349 e. The highest BCUT2D eigenvalue weighted by Gasteiger charge is 2.40. The van der Waals surface area contributed by atoms with Crippen LogP contribution in [0.5, 0.6) is 0 Å². The second-order valence-corrected chi connectivity index (χ2v) is 7.08. The Morgan fingerprint density at radius 3 is 2.56 bits per heavy atom. The summed E-state index contributed by atoms with van der Waals surface area (Å²) >= 11 is 0. The monoisotopic (exact) mass is 381 g/mol. The predicted molar refractivity (Wildman–Crippen MR) is 106 cm³/mol. The van der Waals surface area contributed by atoms with Crippen molar-refractivity contribution in [2.75, 3.05) is 0 Å². The first-order valence-corrected chi connectivity index (χ1v) is 8.61. The van der Waals surface area contributed by atoms with Gasteiger partial charge in [-0.15, -0.1) is 24.8 Å². The first kappa shape index (κ1) is 20.0. The van der Waals surface area contributed by atoms with Gasteiger partial charge < -0.3 is 11.1 Å². The fourth-order valence-corrected chi connectivity index (χ4v) is 4.57. The van der Waals surface area contributed by atoms with Crippen LogP contribution in [0.2, 0.25) is 0 Å². The van der Waals surface area contributed by atoms with Crippen LogP contribution in [0.4, 0.5) is 0 Å². The molecule has 1 heterocycles. The number of carbonyl (C=O) groups is 1. The molecular weight excluding hydrogens is 357 g/mol. The maximum atomic E-state index is 12.9. The lowest BCUT2D eigenvalue weighted by Crippen LogP contribution is -2.53. The lowest BCUT2D eigenvalue weighted by atomic mass is 9.67. The molecule has 2 aromatic rings. The number of rotatable bonds is 2. The minimum atomic E-state index is 0. The van der Waals surface area contributed by atoms with Crippen molar-refractivity contribution in [2.45, 2.75) is 44.2 Å². The number of nitrogens with one attached hydrogen (secondary N) is 1. The molecule has 0 radical (unpaired) electrons. The van der Waals surface area contributed by atoms with Gasteiger partial charge in [0.25, 0.3) is 5.91 Å². The Hall–Kier alpha value is -1.36. The molecule has 1 aromatic heterocycles. The summed E-state index contributed by atoms with van der Waals surface area (Å²) in [7, 11) is 0. The first-order valence-electron chi connectivity index (χ1n) is 8.61. The van der Waals surface area contributed by atoms with Crippen LogP contribution < -0.4 is 11.1 Å². The third kappa shape index (κ3) is 3.91. The number of pyridine rings is 1. The van der Waals surface area contributed by atoms with Crippen molar-refractivity contribution in [3.05, 3.63) is 42.2 Å². The summed E-state index contributed by atoms with van der Waals surface area (Å²) in [6.07, 6.45) is 9.29. The van der Waals surface area contributed by atoms with E-state index in [0.717, 1.165) is 29.2 Å². The zero-order valence-electron chi connectivity index (χ0n) is 14.1. The molecule has 4 nitrogen and oxygen atoms in total. The van der Waals surface area contributed by atoms with Crippen molar-refractivity contribution in [3.8, 4) is 0 Å². The normalized spacial score (nSPS) is 27.7. The highest BCUT2D eigenvalue weighted by Crippen LogP contribution is 2.39. The van der Waals surface area contributed by atoms with Crippen LogP contribution in [0.1, 0.15) is 42.5 Å². The van der Waals surface area contributed by atoms with Crippen LogP contribution in [0, 0.1) is 11.8 Å². The van der Waals surface area contributed by atoms with Gasteiger partial charge in [0, 0.05) is 35.4 Å². The summed E-state index contributed by atoms with van der Waals surface area (Å²) in [4.78, 5) is 17.0. The molecular formula is C19H25Cl2N3O. The first-order chi connectivity index (χ1) is 11.2. The molecule has 0 aliphatic heterocycles. The zero-order valence-corrected chi connectivity index (χ0v) is 15.7. The lowest BCUT2D eigenvalue weighted by molar-refractivity contribution is 0.0757. The molecule has 2 saturated carbocycles. The fraction of sp³-hybridized carbons (Fsp3) is 0.474. The van der Waals surface area contributed by atoms with Gasteiger partial charge in [0.1, 0.15) is 0 Å². The molecule has 4 rings (SSSR count). The quantitative estimate of drug-likeness (QED) is 0.832. The molecule has 2 unspecified atom stereocenters. The van der Waals surface area contributed by atoms with E-state index in [0.29, 0.717) is 17.9 Å². The average Bonchev–Trinajstić information content (AvgIpc) is 2.55. The molecule has 6 heteroatoms. The standard InChI is InChI=1S/C19H23N3O.2ClH/c20-15-9-12-3-1-4-13(10-15)18(12)22-19(23)17-6-2-5-14-11-21-8-7-16(14)17;;/h2,5-8,11-13,15,18H,1,3-4,9-10,20H2,(H,22,23);2*1H. The minimum Gasteiger partial charge on any atom is -0.349 e. The van der Waals surface area contributed by atoms with Crippen LogP contribution in [0.25, 0.3) is 10.8 Å². The van der Waals surface area contributed by atoms with Gasteiger partial charge in [-0.1, -0.05) is 18.6 Å². The van der Waals surface area contributed by atoms with E-state index >= 15 is 0 Å². The van der Waals surface area contributed by atoms with Crippen LogP contribution in [0.3, 0.4) is 0 Å². The number of amides is 1.